The van der Waals surface area contributed by atoms with E-state index in [2.05, 4.69) is 48.7 Å². The zero-order chi connectivity index (χ0) is 9.80. The van der Waals surface area contributed by atoms with Crippen molar-refractivity contribution in [3.63, 3.8) is 0 Å². The van der Waals surface area contributed by atoms with E-state index < -0.39 is 0 Å². The summed E-state index contributed by atoms with van der Waals surface area (Å²) >= 11 is 0. The van der Waals surface area contributed by atoms with Gasteiger partial charge in [-0.15, -0.1) is 0 Å². The largest absolute Gasteiger partial charge is 0.379 e. The average Bonchev–Trinajstić information content (AvgIpc) is 2.23. The lowest BCUT2D eigenvalue weighted by Crippen LogP contribution is -2.18. The number of aryl methyl sites for hydroxylation is 1. The van der Waals surface area contributed by atoms with Crippen molar-refractivity contribution in [2.24, 2.45) is 0 Å². The second kappa shape index (κ2) is 4.32. The zero-order valence-corrected chi connectivity index (χ0v) is 8.66. The van der Waals surface area contributed by atoms with E-state index in [1.54, 1.807) is 0 Å². The van der Waals surface area contributed by atoms with Gasteiger partial charge in [0.2, 0.25) is 0 Å². The molecule has 0 bridgehead atoms. The average molecular weight is 187 g/mol. The molecular weight excluding hydrogens is 170 g/mol. The van der Waals surface area contributed by atoms with Crippen LogP contribution in [0.3, 0.4) is 0 Å². The van der Waals surface area contributed by atoms with Crippen LogP contribution in [0, 0.1) is 6.92 Å². The van der Waals surface area contributed by atoms with Crippen molar-refractivity contribution < 1.29 is 0 Å². The molecule has 1 heteroatoms. The van der Waals surface area contributed by atoms with Crippen LogP contribution in [0.1, 0.15) is 24.8 Å². The van der Waals surface area contributed by atoms with Crippen LogP contribution in [-0.4, -0.2) is 6.04 Å². The molecule has 14 heavy (non-hydrogen) atoms. The van der Waals surface area contributed by atoms with Crippen molar-refractivity contribution in [3.8, 4) is 0 Å². The molecule has 1 aliphatic rings. The Morgan fingerprint density at radius 1 is 1.21 bits per heavy atom. The van der Waals surface area contributed by atoms with Gasteiger partial charge in [0.05, 0.1) is 0 Å². The molecular formula is C13H17N. The molecule has 0 radical (unpaired) electrons. The Hall–Kier alpha value is -1.24. The second-order valence-electron chi connectivity index (χ2n) is 3.98. The first-order valence-corrected chi connectivity index (χ1v) is 5.34. The van der Waals surface area contributed by atoms with Gasteiger partial charge in [0.15, 0.2) is 0 Å². The normalized spacial score (nSPS) is 20.8. The van der Waals surface area contributed by atoms with Crippen LogP contribution in [-0.2, 0) is 0 Å². The van der Waals surface area contributed by atoms with Gasteiger partial charge in [-0.3, -0.25) is 0 Å². The Morgan fingerprint density at radius 3 is 2.64 bits per heavy atom. The molecule has 0 fully saturated rings. The van der Waals surface area contributed by atoms with Gasteiger partial charge in [-0.05, 0) is 38.3 Å². The van der Waals surface area contributed by atoms with Gasteiger partial charge < -0.3 is 5.32 Å². The predicted octanol–water partition coefficient (Wildman–Crippen LogP) is 3.52. The van der Waals surface area contributed by atoms with Gasteiger partial charge in [-0.1, -0.05) is 29.8 Å². The SMILES string of the molecule is Cc1ccc(N[C@@H]2C=CCCC2)cc1. The van der Waals surface area contributed by atoms with E-state index in [1.807, 2.05) is 0 Å². The fourth-order valence-electron chi connectivity index (χ4n) is 1.80. The monoisotopic (exact) mass is 187 g/mol. The van der Waals surface area contributed by atoms with Crippen molar-refractivity contribution in [2.75, 3.05) is 5.32 Å². The maximum Gasteiger partial charge on any atom is 0.0444 e. The van der Waals surface area contributed by atoms with E-state index in [1.165, 1.54) is 30.5 Å². The third kappa shape index (κ3) is 2.38. The van der Waals surface area contributed by atoms with Gasteiger partial charge in [0, 0.05) is 11.7 Å². The molecule has 1 aromatic carbocycles. The molecule has 0 heterocycles. The van der Waals surface area contributed by atoms with Gasteiger partial charge >= 0.3 is 0 Å². The predicted molar refractivity (Wildman–Crippen MR) is 61.6 cm³/mol. The fraction of sp³-hybridized carbons (Fsp3) is 0.385. The van der Waals surface area contributed by atoms with E-state index in [9.17, 15) is 0 Å². The molecule has 2 rings (SSSR count). The molecule has 0 saturated carbocycles. The molecule has 0 aliphatic heterocycles. The lowest BCUT2D eigenvalue weighted by atomic mass is 10.0. The van der Waals surface area contributed by atoms with Crippen molar-refractivity contribution >= 4 is 5.69 Å². The molecule has 1 nitrogen and oxygen atoms in total. The summed E-state index contributed by atoms with van der Waals surface area (Å²) in [5.74, 6) is 0. The standard InChI is InChI=1S/C13H17N/c1-11-7-9-13(10-8-11)14-12-5-3-2-4-6-12/h3,5,7-10,12,14H,2,4,6H2,1H3/t12-/m1/s1. The zero-order valence-electron chi connectivity index (χ0n) is 8.66. The molecule has 0 aromatic heterocycles. The Labute approximate surface area is 85.8 Å². The quantitative estimate of drug-likeness (QED) is 0.698. The lowest BCUT2D eigenvalue weighted by Gasteiger charge is -2.19. The number of anilines is 1. The highest BCUT2D eigenvalue weighted by atomic mass is 14.9. The second-order valence-corrected chi connectivity index (χ2v) is 3.98. The minimum atomic E-state index is 0.534. The van der Waals surface area contributed by atoms with Crippen molar-refractivity contribution in [1.29, 1.82) is 0 Å². The van der Waals surface area contributed by atoms with Crippen molar-refractivity contribution in [2.45, 2.75) is 32.2 Å². The maximum absolute atomic E-state index is 3.52. The Kier molecular flexibility index (Phi) is 2.87. The molecule has 0 unspecified atom stereocenters. The van der Waals surface area contributed by atoms with Crippen molar-refractivity contribution in [3.05, 3.63) is 42.0 Å². The topological polar surface area (TPSA) is 12.0 Å². The van der Waals surface area contributed by atoms with Crippen LogP contribution in [0.4, 0.5) is 5.69 Å². The molecule has 0 spiro atoms. The Morgan fingerprint density at radius 2 is 2.00 bits per heavy atom. The van der Waals surface area contributed by atoms with Gasteiger partial charge in [-0.25, -0.2) is 0 Å². The minimum Gasteiger partial charge on any atom is -0.379 e. The summed E-state index contributed by atoms with van der Waals surface area (Å²) in [5.41, 5.74) is 2.54. The summed E-state index contributed by atoms with van der Waals surface area (Å²) in [5, 5.41) is 3.52. The number of hydrogen-bond donors (Lipinski definition) is 1. The fourth-order valence-corrected chi connectivity index (χ4v) is 1.80. The molecule has 0 amide bonds. The summed E-state index contributed by atoms with van der Waals surface area (Å²) < 4.78 is 0. The third-order valence-electron chi connectivity index (χ3n) is 2.66. The van der Waals surface area contributed by atoms with Crippen LogP contribution in [0.2, 0.25) is 0 Å². The van der Waals surface area contributed by atoms with Crippen LogP contribution >= 0.6 is 0 Å². The van der Waals surface area contributed by atoms with E-state index in [0.29, 0.717) is 6.04 Å². The highest BCUT2D eigenvalue weighted by Crippen LogP contribution is 2.16. The first-order chi connectivity index (χ1) is 6.84. The Bertz CT molecular complexity index is 311. The van der Waals surface area contributed by atoms with Crippen LogP contribution in [0.25, 0.3) is 0 Å². The van der Waals surface area contributed by atoms with E-state index in [-0.39, 0.29) is 0 Å². The number of allylic oxidation sites excluding steroid dienone is 1. The Balaban J connectivity index is 1.99. The van der Waals surface area contributed by atoms with Crippen molar-refractivity contribution in [1.82, 2.24) is 0 Å². The van der Waals surface area contributed by atoms with Gasteiger partial charge in [0.25, 0.3) is 0 Å². The summed E-state index contributed by atoms with van der Waals surface area (Å²) in [6, 6.07) is 9.13. The van der Waals surface area contributed by atoms with Crippen LogP contribution in [0.15, 0.2) is 36.4 Å². The number of benzene rings is 1. The highest BCUT2D eigenvalue weighted by Gasteiger charge is 2.06. The van der Waals surface area contributed by atoms with E-state index in [0.717, 1.165) is 0 Å². The number of rotatable bonds is 2. The maximum atomic E-state index is 3.52. The smallest absolute Gasteiger partial charge is 0.0444 e. The summed E-state index contributed by atoms with van der Waals surface area (Å²) in [7, 11) is 0. The molecule has 0 saturated heterocycles. The third-order valence-corrected chi connectivity index (χ3v) is 2.66. The van der Waals surface area contributed by atoms with Gasteiger partial charge in [-0.2, -0.15) is 0 Å². The number of nitrogens with one attached hydrogen (secondary N) is 1. The number of hydrogen-bond acceptors (Lipinski definition) is 1. The first-order valence-electron chi connectivity index (χ1n) is 5.34. The van der Waals surface area contributed by atoms with E-state index in [4.69, 9.17) is 0 Å². The molecule has 1 aromatic rings. The van der Waals surface area contributed by atoms with Crippen LogP contribution < -0.4 is 5.32 Å². The van der Waals surface area contributed by atoms with E-state index >= 15 is 0 Å². The molecule has 1 aliphatic carbocycles. The molecule has 74 valence electrons. The lowest BCUT2D eigenvalue weighted by molar-refractivity contribution is 0.674. The van der Waals surface area contributed by atoms with Crippen LogP contribution in [0.5, 0.6) is 0 Å². The molecule has 1 N–H and O–H groups in total. The highest BCUT2D eigenvalue weighted by molar-refractivity contribution is 5.46. The minimum absolute atomic E-state index is 0.534. The summed E-state index contributed by atoms with van der Waals surface area (Å²) in [4.78, 5) is 0. The molecule has 1 atom stereocenters. The summed E-state index contributed by atoms with van der Waals surface area (Å²) in [6.07, 6.45) is 8.36. The van der Waals surface area contributed by atoms with Gasteiger partial charge in [0.1, 0.15) is 0 Å². The first kappa shape index (κ1) is 9.32. The summed E-state index contributed by atoms with van der Waals surface area (Å²) in [6.45, 7) is 2.12.